The maximum atomic E-state index is 13.2. The maximum absolute atomic E-state index is 13.2. The molecule has 0 atom stereocenters. The molecule has 340 valence electrons. The first-order valence-corrected chi connectivity index (χ1v) is 22.1. The normalized spacial score (nSPS) is 14.8. The summed E-state index contributed by atoms with van der Waals surface area (Å²) in [6.45, 7) is 6.83. The Balaban J connectivity index is 0.000000184. The Morgan fingerprint density at radius 1 is 0.723 bits per heavy atom. The number of halogens is 1. The van der Waals surface area contributed by atoms with Crippen LogP contribution in [-0.4, -0.2) is 91.1 Å². The predicted molar refractivity (Wildman–Crippen MR) is 243 cm³/mol. The monoisotopic (exact) mass is 889 g/mol. The van der Waals surface area contributed by atoms with Gasteiger partial charge in [0.15, 0.2) is 0 Å². The van der Waals surface area contributed by atoms with Crippen molar-refractivity contribution >= 4 is 40.6 Å². The first-order valence-electron chi connectivity index (χ1n) is 22.1. The van der Waals surface area contributed by atoms with Crippen LogP contribution in [0.5, 0.6) is 0 Å². The van der Waals surface area contributed by atoms with Crippen LogP contribution < -0.4 is 32.7 Å². The fraction of sp³-hybridized carbons (Fsp3) is 0.435. The molecule has 5 aromatic heterocycles. The van der Waals surface area contributed by atoms with E-state index in [9.17, 15) is 28.4 Å². The van der Waals surface area contributed by atoms with Crippen LogP contribution in [0.25, 0.3) is 0 Å². The summed E-state index contributed by atoms with van der Waals surface area (Å²) in [7, 11) is 3.19. The van der Waals surface area contributed by atoms with Gasteiger partial charge in [-0.2, -0.15) is 4.39 Å². The molecule has 0 radical (unpaired) electrons. The van der Waals surface area contributed by atoms with Gasteiger partial charge in [-0.05, 0) is 74.9 Å². The number of nitrogens with zero attached hydrogens (tertiary/aromatic N) is 10. The summed E-state index contributed by atoms with van der Waals surface area (Å²) in [6.07, 6.45) is 10.3. The average molecular weight is 890 g/mol. The molecule has 2 saturated carbocycles. The van der Waals surface area contributed by atoms with E-state index in [-0.39, 0.29) is 59.2 Å². The molecule has 65 heavy (non-hydrogen) atoms. The Hall–Kier alpha value is -6.73. The Morgan fingerprint density at radius 2 is 1.28 bits per heavy atom. The number of rotatable bonds is 17. The molecule has 19 heteroatoms. The molecule has 7 heterocycles. The van der Waals surface area contributed by atoms with Crippen molar-refractivity contribution in [2.24, 2.45) is 9.98 Å². The van der Waals surface area contributed by atoms with Crippen LogP contribution in [-0.2, 0) is 35.4 Å². The number of aliphatic imine (C=N–C) groups is 2. The highest BCUT2D eigenvalue weighted by atomic mass is 19.1. The van der Waals surface area contributed by atoms with Gasteiger partial charge in [0.2, 0.25) is 5.95 Å². The summed E-state index contributed by atoms with van der Waals surface area (Å²) in [5.74, 6) is 1.02. The van der Waals surface area contributed by atoms with E-state index in [1.807, 2.05) is 26.0 Å². The SMILES string of the molecule is CCCn1c2c(c(=O)n(C3CC3)c1=O)CC(c1ccc(N(CCOC)C(=O)c3ccc(F)nc3)nc1)=N2.CCCn1c2c(c(=O)n(C3CC3)c1=O)CC(c1ccc(NCCOC)nc1)=N2. The maximum Gasteiger partial charge on any atom is 0.332 e. The number of carbonyl (C=O) groups is 1. The molecular formula is C46H52FN11O7. The van der Waals surface area contributed by atoms with Crippen LogP contribution in [0.3, 0.4) is 0 Å². The molecule has 0 bridgehead atoms. The third kappa shape index (κ3) is 9.42. The Morgan fingerprint density at radius 3 is 1.72 bits per heavy atom. The van der Waals surface area contributed by atoms with E-state index in [1.54, 1.807) is 40.8 Å². The van der Waals surface area contributed by atoms with Crippen LogP contribution in [0.15, 0.2) is 84.2 Å². The van der Waals surface area contributed by atoms with E-state index < -0.39 is 5.95 Å². The number of anilines is 2. The van der Waals surface area contributed by atoms with Crippen molar-refractivity contribution in [3.8, 4) is 0 Å². The molecule has 2 fully saturated rings. The number of ether oxygens (including phenoxy) is 2. The lowest BCUT2D eigenvalue weighted by atomic mass is 10.1. The highest BCUT2D eigenvalue weighted by Gasteiger charge is 2.34. The van der Waals surface area contributed by atoms with Gasteiger partial charge >= 0.3 is 11.4 Å². The van der Waals surface area contributed by atoms with Crippen LogP contribution in [0.4, 0.5) is 27.7 Å². The lowest BCUT2D eigenvalue weighted by molar-refractivity contribution is 0.0974. The zero-order valence-corrected chi connectivity index (χ0v) is 37.0. The Kier molecular flexibility index (Phi) is 13.5. The summed E-state index contributed by atoms with van der Waals surface area (Å²) < 4.78 is 29.5. The number of pyridine rings is 3. The number of carbonyl (C=O) groups excluding carboxylic acids is 1. The van der Waals surface area contributed by atoms with E-state index in [2.05, 4.69) is 30.3 Å². The smallest absolute Gasteiger partial charge is 0.332 e. The van der Waals surface area contributed by atoms with Crippen molar-refractivity contribution in [1.29, 1.82) is 0 Å². The highest BCUT2D eigenvalue weighted by Crippen LogP contribution is 2.35. The van der Waals surface area contributed by atoms with Crippen LogP contribution >= 0.6 is 0 Å². The molecule has 9 rings (SSSR count). The largest absolute Gasteiger partial charge is 0.383 e. The lowest BCUT2D eigenvalue weighted by Crippen LogP contribution is -2.40. The molecule has 0 unspecified atom stereocenters. The van der Waals surface area contributed by atoms with Gasteiger partial charge < -0.3 is 14.8 Å². The molecule has 5 aromatic rings. The first-order chi connectivity index (χ1) is 31.6. The van der Waals surface area contributed by atoms with Crippen molar-refractivity contribution in [1.82, 2.24) is 33.2 Å². The molecule has 4 aliphatic rings. The molecule has 2 aliphatic carbocycles. The van der Waals surface area contributed by atoms with Crippen LogP contribution in [0.2, 0.25) is 0 Å². The minimum atomic E-state index is -0.672. The molecule has 2 aliphatic heterocycles. The van der Waals surface area contributed by atoms with Gasteiger partial charge in [0.05, 0.1) is 47.9 Å². The van der Waals surface area contributed by atoms with Crippen molar-refractivity contribution in [2.45, 2.75) is 90.4 Å². The summed E-state index contributed by atoms with van der Waals surface area (Å²) in [6, 6.07) is 9.82. The first kappa shape index (κ1) is 44.9. The number of nitrogens with one attached hydrogen (secondary N) is 1. The minimum Gasteiger partial charge on any atom is -0.383 e. The van der Waals surface area contributed by atoms with E-state index >= 15 is 0 Å². The molecule has 0 saturated heterocycles. The second-order valence-electron chi connectivity index (χ2n) is 16.3. The van der Waals surface area contributed by atoms with E-state index in [0.29, 0.717) is 78.9 Å². The number of hydrogen-bond acceptors (Lipinski definition) is 13. The number of methoxy groups -OCH3 is 2. The van der Waals surface area contributed by atoms with Gasteiger partial charge in [0.1, 0.15) is 23.3 Å². The van der Waals surface area contributed by atoms with Gasteiger partial charge in [0, 0.05) is 88.5 Å². The molecule has 1 N–H and O–H groups in total. The summed E-state index contributed by atoms with van der Waals surface area (Å²) in [5.41, 5.74) is 3.38. The number of aromatic nitrogens is 7. The van der Waals surface area contributed by atoms with Crippen molar-refractivity contribution in [3.05, 3.63) is 130 Å². The zero-order valence-electron chi connectivity index (χ0n) is 37.0. The molecular weight excluding hydrogens is 838 g/mol. The predicted octanol–water partition coefficient (Wildman–Crippen LogP) is 4.54. The van der Waals surface area contributed by atoms with Gasteiger partial charge in [-0.15, -0.1) is 0 Å². The zero-order chi connectivity index (χ0) is 45.8. The van der Waals surface area contributed by atoms with Gasteiger partial charge in [-0.3, -0.25) is 37.6 Å². The highest BCUT2D eigenvalue weighted by molar-refractivity contribution is 6.08. The fourth-order valence-corrected chi connectivity index (χ4v) is 7.98. The van der Waals surface area contributed by atoms with Crippen LogP contribution in [0, 0.1) is 5.95 Å². The molecule has 0 aromatic carbocycles. The summed E-state index contributed by atoms with van der Waals surface area (Å²) in [5, 5.41) is 3.18. The standard InChI is InChI=1S/C26H27FN6O4.C20H25N5O3/c1-3-10-32-23-19(25(35)33(26(32)36)18-6-7-18)13-20(30-23)16-5-9-22(29-14-16)31(11-12-37-2)24(34)17-4-8-21(27)28-15-17;1-3-9-24-18-15(19(26)25(20(24)27)14-5-6-14)11-16(23-18)13-4-7-17(22-12-13)21-8-10-28-2/h4-5,8-9,14-15,18H,3,6-7,10-13H2,1-2H3;4,7,12,14H,3,5-6,8-11H2,1-2H3,(H,21,22). The van der Waals surface area contributed by atoms with Crippen molar-refractivity contribution in [2.75, 3.05) is 50.7 Å². The number of hydrogen-bond donors (Lipinski definition) is 1. The molecule has 1 amide bonds. The number of fused-ring (bicyclic) bond motifs is 2. The Bertz CT molecular complexity index is 2880. The molecule has 0 spiro atoms. The third-order valence-electron chi connectivity index (χ3n) is 11.6. The summed E-state index contributed by atoms with van der Waals surface area (Å²) >= 11 is 0. The van der Waals surface area contributed by atoms with Crippen LogP contribution in [0.1, 0.15) is 97.1 Å². The fourth-order valence-electron chi connectivity index (χ4n) is 7.98. The van der Waals surface area contributed by atoms with E-state index in [0.717, 1.165) is 61.7 Å². The van der Waals surface area contributed by atoms with E-state index in [1.165, 1.54) is 33.4 Å². The minimum absolute atomic E-state index is 0.0228. The lowest BCUT2D eigenvalue weighted by Gasteiger charge is -2.21. The summed E-state index contributed by atoms with van der Waals surface area (Å²) in [4.78, 5) is 88.3. The third-order valence-corrected chi connectivity index (χ3v) is 11.6. The van der Waals surface area contributed by atoms with Crippen molar-refractivity contribution < 1.29 is 18.7 Å². The van der Waals surface area contributed by atoms with Gasteiger partial charge in [-0.25, -0.2) is 34.5 Å². The molecule has 18 nitrogen and oxygen atoms in total. The van der Waals surface area contributed by atoms with Gasteiger partial charge in [-0.1, -0.05) is 13.8 Å². The topological polar surface area (TPSA) is 202 Å². The second-order valence-corrected chi connectivity index (χ2v) is 16.3. The quantitative estimate of drug-likeness (QED) is 0.102. The van der Waals surface area contributed by atoms with Gasteiger partial charge in [0.25, 0.3) is 17.0 Å². The number of amides is 1. The van der Waals surface area contributed by atoms with E-state index in [4.69, 9.17) is 9.47 Å². The Labute approximate surface area is 373 Å². The average Bonchev–Trinajstić information content (AvgIpc) is 4.25. The van der Waals surface area contributed by atoms with Crippen molar-refractivity contribution in [3.63, 3.8) is 0 Å². The second kappa shape index (κ2) is 19.6.